The predicted molar refractivity (Wildman–Crippen MR) is 124 cm³/mol. The van der Waals surface area contributed by atoms with Crippen LogP contribution in [0, 0.1) is 5.41 Å². The Balaban J connectivity index is 2.59. The summed E-state index contributed by atoms with van der Waals surface area (Å²) in [5.41, 5.74) is 3.84. The number of aromatic hydroxyl groups is 1. The Bertz CT molecular complexity index is 811. The van der Waals surface area contributed by atoms with Crippen molar-refractivity contribution in [2.45, 2.75) is 79.1 Å². The van der Waals surface area contributed by atoms with Crippen molar-refractivity contribution in [3.8, 4) is 11.5 Å². The molecule has 2 rings (SSSR count). The van der Waals surface area contributed by atoms with Crippen LogP contribution in [0.15, 0.2) is 35.9 Å². The molecule has 0 unspecified atom stereocenters. The number of amides is 1. The molecule has 1 aliphatic rings. The number of rotatable bonds is 8. The largest absolute Gasteiger partial charge is 0.507 e. The lowest BCUT2D eigenvalue weighted by Crippen LogP contribution is -2.32. The molecule has 1 aromatic rings. The van der Waals surface area contributed by atoms with Gasteiger partial charge in [-0.3, -0.25) is 0 Å². The molecule has 0 fully saturated rings. The topological polar surface area (TPSA) is 49.8 Å². The minimum absolute atomic E-state index is 0.0943. The molecule has 0 saturated carbocycles. The summed E-state index contributed by atoms with van der Waals surface area (Å²) >= 11 is 0. The number of phenols is 1. The number of allylic oxidation sites excluding steroid dienone is 3. The number of carbonyl (C=O) groups excluding carboxylic acids is 1. The first-order valence-electron chi connectivity index (χ1n) is 11.3. The van der Waals surface area contributed by atoms with Gasteiger partial charge in [0.15, 0.2) is 0 Å². The monoisotopic (exact) mass is 413 g/mol. The molecule has 0 saturated heterocycles. The van der Waals surface area contributed by atoms with Gasteiger partial charge in [-0.2, -0.15) is 0 Å². The Labute approximate surface area is 182 Å². The van der Waals surface area contributed by atoms with Gasteiger partial charge in [-0.1, -0.05) is 50.5 Å². The minimum atomic E-state index is -0.405. The van der Waals surface area contributed by atoms with Crippen LogP contribution in [0.5, 0.6) is 11.5 Å². The summed E-state index contributed by atoms with van der Waals surface area (Å²) in [6.45, 7) is 15.3. The Morgan fingerprint density at radius 2 is 2.03 bits per heavy atom. The Hall–Kier alpha value is -2.23. The molecule has 0 bridgehead atoms. The number of benzene rings is 1. The van der Waals surface area contributed by atoms with Gasteiger partial charge in [0.2, 0.25) is 0 Å². The smallest absolute Gasteiger partial charge is 0.414 e. The van der Waals surface area contributed by atoms with Crippen molar-refractivity contribution in [2.75, 3.05) is 13.6 Å². The number of ether oxygens (including phenoxy) is 1. The summed E-state index contributed by atoms with van der Waals surface area (Å²) in [5, 5.41) is 11.1. The molecule has 0 aliphatic heterocycles. The molecule has 2 atom stereocenters. The van der Waals surface area contributed by atoms with Gasteiger partial charge in [0.05, 0.1) is 0 Å². The molecule has 30 heavy (non-hydrogen) atoms. The number of aryl methyl sites for hydroxylation is 1. The van der Waals surface area contributed by atoms with E-state index in [0.717, 1.165) is 49.7 Å². The third-order valence-electron chi connectivity index (χ3n) is 6.69. The standard InChI is InChI=1S/C26H39NO3/c1-8-10-11-12-20-16-22(28)24(23(17-20)30-25(29)27(7)9-2)21-15-19(5)13-14-26(21,6)18(3)4/h15-17,21,28H,3,8-14H2,1-2,4-7H3/t21-,26-/m0/s1. The van der Waals surface area contributed by atoms with Gasteiger partial charge in [-0.25, -0.2) is 4.79 Å². The van der Waals surface area contributed by atoms with Crippen molar-refractivity contribution >= 4 is 6.09 Å². The van der Waals surface area contributed by atoms with Crippen molar-refractivity contribution in [3.63, 3.8) is 0 Å². The predicted octanol–water partition coefficient (Wildman–Crippen LogP) is 6.98. The van der Waals surface area contributed by atoms with E-state index in [1.54, 1.807) is 7.05 Å². The SMILES string of the molecule is C=C(C)[C@]1(C)CCC(C)=C[C@H]1c1c(O)cc(CCCCC)cc1OC(=O)N(C)CC. The van der Waals surface area contributed by atoms with E-state index in [0.29, 0.717) is 17.9 Å². The first-order valence-corrected chi connectivity index (χ1v) is 11.3. The van der Waals surface area contributed by atoms with E-state index in [2.05, 4.69) is 33.4 Å². The van der Waals surface area contributed by atoms with Gasteiger partial charge in [0, 0.05) is 25.1 Å². The van der Waals surface area contributed by atoms with Crippen LogP contribution < -0.4 is 4.74 Å². The van der Waals surface area contributed by atoms with E-state index in [1.165, 1.54) is 10.5 Å². The molecule has 4 heteroatoms. The second kappa shape index (κ2) is 10.2. The van der Waals surface area contributed by atoms with Crippen LogP contribution in [0.25, 0.3) is 0 Å². The van der Waals surface area contributed by atoms with Gasteiger partial charge in [0.25, 0.3) is 0 Å². The number of phenolic OH excluding ortho intramolecular Hbond substituents is 1. The van der Waals surface area contributed by atoms with Crippen LogP contribution in [-0.2, 0) is 6.42 Å². The summed E-state index contributed by atoms with van der Waals surface area (Å²) in [6.07, 6.45) is 7.93. The first kappa shape index (κ1) is 24.0. The number of carbonyl (C=O) groups is 1. The van der Waals surface area contributed by atoms with E-state index in [1.807, 2.05) is 26.0 Å². The second-order valence-electron chi connectivity index (χ2n) is 9.05. The fourth-order valence-corrected chi connectivity index (χ4v) is 4.13. The lowest BCUT2D eigenvalue weighted by Gasteiger charge is -2.41. The zero-order valence-electron chi connectivity index (χ0n) is 19.7. The van der Waals surface area contributed by atoms with Crippen molar-refractivity contribution in [1.82, 2.24) is 4.90 Å². The van der Waals surface area contributed by atoms with E-state index in [-0.39, 0.29) is 17.1 Å². The zero-order chi connectivity index (χ0) is 22.5. The van der Waals surface area contributed by atoms with E-state index >= 15 is 0 Å². The van der Waals surface area contributed by atoms with Crippen molar-refractivity contribution in [1.29, 1.82) is 0 Å². The molecule has 1 aromatic carbocycles. The molecular formula is C26H39NO3. The van der Waals surface area contributed by atoms with Crippen LogP contribution in [0.4, 0.5) is 4.79 Å². The Kier molecular flexibility index (Phi) is 8.17. The second-order valence-corrected chi connectivity index (χ2v) is 9.05. The normalized spacial score (nSPS) is 21.1. The average Bonchev–Trinajstić information content (AvgIpc) is 2.69. The number of hydrogen-bond acceptors (Lipinski definition) is 3. The van der Waals surface area contributed by atoms with E-state index in [4.69, 9.17) is 4.74 Å². The highest BCUT2D eigenvalue weighted by atomic mass is 16.6. The molecule has 1 amide bonds. The van der Waals surface area contributed by atoms with Gasteiger partial charge in [-0.15, -0.1) is 0 Å². The van der Waals surface area contributed by atoms with Gasteiger partial charge >= 0.3 is 6.09 Å². The summed E-state index contributed by atoms with van der Waals surface area (Å²) in [4.78, 5) is 14.1. The highest BCUT2D eigenvalue weighted by Gasteiger charge is 2.40. The molecule has 166 valence electrons. The lowest BCUT2D eigenvalue weighted by molar-refractivity contribution is 0.163. The summed E-state index contributed by atoms with van der Waals surface area (Å²) in [7, 11) is 1.72. The average molecular weight is 414 g/mol. The number of nitrogens with zero attached hydrogens (tertiary/aromatic N) is 1. The summed E-state index contributed by atoms with van der Waals surface area (Å²) in [6, 6.07) is 3.80. The summed E-state index contributed by atoms with van der Waals surface area (Å²) in [5.74, 6) is 0.577. The molecule has 1 aliphatic carbocycles. The molecule has 0 heterocycles. The Morgan fingerprint density at radius 1 is 1.33 bits per heavy atom. The molecule has 4 nitrogen and oxygen atoms in total. The van der Waals surface area contributed by atoms with Gasteiger partial charge in [-0.05, 0) is 69.6 Å². The highest BCUT2D eigenvalue weighted by Crippen LogP contribution is 2.54. The van der Waals surface area contributed by atoms with Crippen molar-refractivity contribution < 1.29 is 14.6 Å². The number of hydrogen-bond donors (Lipinski definition) is 1. The molecule has 0 spiro atoms. The fourth-order valence-electron chi connectivity index (χ4n) is 4.13. The van der Waals surface area contributed by atoms with Crippen molar-refractivity contribution in [3.05, 3.63) is 47.1 Å². The maximum absolute atomic E-state index is 12.6. The lowest BCUT2D eigenvalue weighted by atomic mass is 9.63. The molecule has 0 radical (unpaired) electrons. The van der Waals surface area contributed by atoms with Crippen LogP contribution in [0.3, 0.4) is 0 Å². The van der Waals surface area contributed by atoms with Crippen LogP contribution >= 0.6 is 0 Å². The highest BCUT2D eigenvalue weighted by molar-refractivity contribution is 5.72. The minimum Gasteiger partial charge on any atom is -0.507 e. The molecular weight excluding hydrogens is 374 g/mol. The maximum atomic E-state index is 12.6. The van der Waals surface area contributed by atoms with Crippen LogP contribution in [0.1, 0.15) is 83.8 Å². The third kappa shape index (κ3) is 5.27. The van der Waals surface area contributed by atoms with Gasteiger partial charge in [0.1, 0.15) is 11.5 Å². The van der Waals surface area contributed by atoms with E-state index < -0.39 is 6.09 Å². The third-order valence-corrected chi connectivity index (χ3v) is 6.69. The fraction of sp³-hybridized carbons (Fsp3) is 0.577. The van der Waals surface area contributed by atoms with E-state index in [9.17, 15) is 9.90 Å². The quantitative estimate of drug-likeness (QED) is 0.369. The van der Waals surface area contributed by atoms with Crippen molar-refractivity contribution in [2.24, 2.45) is 5.41 Å². The van der Waals surface area contributed by atoms with Crippen LogP contribution in [0.2, 0.25) is 0 Å². The Morgan fingerprint density at radius 3 is 2.63 bits per heavy atom. The zero-order valence-corrected chi connectivity index (χ0v) is 19.7. The molecule has 0 aromatic heterocycles. The summed E-state index contributed by atoms with van der Waals surface area (Å²) < 4.78 is 5.86. The number of unbranched alkanes of at least 4 members (excludes halogenated alkanes) is 2. The van der Waals surface area contributed by atoms with Crippen LogP contribution in [-0.4, -0.2) is 29.7 Å². The first-order chi connectivity index (χ1) is 14.1. The molecule has 1 N–H and O–H groups in total. The maximum Gasteiger partial charge on any atom is 0.414 e. The van der Waals surface area contributed by atoms with Gasteiger partial charge < -0.3 is 14.7 Å².